The van der Waals surface area contributed by atoms with Gasteiger partial charge in [0.2, 0.25) is 5.95 Å². The lowest BCUT2D eigenvalue weighted by atomic mass is 10.2. The SMILES string of the molecule is Brc1ccc(CN2CCC(Nc3ccnc(N4CCOCC4)n3)C2)o1. The lowest BCUT2D eigenvalue weighted by Crippen LogP contribution is -2.37. The molecule has 0 saturated carbocycles. The van der Waals surface area contributed by atoms with Crippen molar-refractivity contribution in [3.05, 3.63) is 34.8 Å². The summed E-state index contributed by atoms with van der Waals surface area (Å²) in [5.74, 6) is 2.66. The van der Waals surface area contributed by atoms with Crippen molar-refractivity contribution >= 4 is 27.7 Å². The molecule has 2 aliphatic heterocycles. The summed E-state index contributed by atoms with van der Waals surface area (Å²) in [6, 6.07) is 6.29. The van der Waals surface area contributed by atoms with E-state index in [1.165, 1.54) is 0 Å². The smallest absolute Gasteiger partial charge is 0.227 e. The van der Waals surface area contributed by atoms with E-state index in [-0.39, 0.29) is 0 Å². The van der Waals surface area contributed by atoms with Crippen LogP contribution in [0.4, 0.5) is 11.8 Å². The molecule has 1 atom stereocenters. The molecule has 4 heterocycles. The van der Waals surface area contributed by atoms with Crippen molar-refractivity contribution in [1.82, 2.24) is 14.9 Å². The maximum Gasteiger partial charge on any atom is 0.227 e. The van der Waals surface area contributed by atoms with Gasteiger partial charge in [-0.15, -0.1) is 0 Å². The zero-order valence-corrected chi connectivity index (χ0v) is 15.6. The van der Waals surface area contributed by atoms with Crippen molar-refractivity contribution in [3.8, 4) is 0 Å². The Morgan fingerprint density at radius 2 is 2.08 bits per heavy atom. The third-order valence-electron chi connectivity index (χ3n) is 4.57. The van der Waals surface area contributed by atoms with E-state index in [9.17, 15) is 0 Å². The fourth-order valence-electron chi connectivity index (χ4n) is 3.30. The predicted molar refractivity (Wildman–Crippen MR) is 98.8 cm³/mol. The van der Waals surface area contributed by atoms with Crippen LogP contribution < -0.4 is 10.2 Å². The Morgan fingerprint density at radius 1 is 1.20 bits per heavy atom. The molecule has 1 N–H and O–H groups in total. The van der Waals surface area contributed by atoms with E-state index in [4.69, 9.17) is 9.15 Å². The summed E-state index contributed by atoms with van der Waals surface area (Å²) in [5.41, 5.74) is 0. The van der Waals surface area contributed by atoms with Crippen LogP contribution in [0.1, 0.15) is 12.2 Å². The molecule has 2 saturated heterocycles. The van der Waals surface area contributed by atoms with Crippen molar-refractivity contribution in [2.75, 3.05) is 49.6 Å². The lowest BCUT2D eigenvalue weighted by Gasteiger charge is -2.27. The molecule has 2 aromatic rings. The van der Waals surface area contributed by atoms with Gasteiger partial charge in [-0.3, -0.25) is 4.90 Å². The molecule has 25 heavy (non-hydrogen) atoms. The molecule has 134 valence electrons. The topological polar surface area (TPSA) is 66.7 Å². The molecule has 8 heteroatoms. The quantitative estimate of drug-likeness (QED) is 0.815. The molecule has 0 spiro atoms. The number of nitrogens with one attached hydrogen (secondary N) is 1. The second-order valence-electron chi connectivity index (χ2n) is 6.41. The van der Waals surface area contributed by atoms with Gasteiger partial charge in [0.1, 0.15) is 11.6 Å². The van der Waals surface area contributed by atoms with Gasteiger partial charge in [0.05, 0.1) is 19.8 Å². The number of hydrogen-bond acceptors (Lipinski definition) is 7. The molecule has 4 rings (SSSR count). The molecule has 0 aliphatic carbocycles. The number of aromatic nitrogens is 2. The van der Waals surface area contributed by atoms with Crippen LogP contribution in [-0.4, -0.2) is 60.3 Å². The Hall–Kier alpha value is -1.64. The zero-order valence-electron chi connectivity index (χ0n) is 14.0. The zero-order chi connectivity index (χ0) is 17.1. The van der Waals surface area contributed by atoms with Crippen LogP contribution in [0.5, 0.6) is 0 Å². The van der Waals surface area contributed by atoms with Crippen molar-refractivity contribution in [1.29, 1.82) is 0 Å². The summed E-state index contributed by atoms with van der Waals surface area (Å²) in [4.78, 5) is 13.6. The van der Waals surface area contributed by atoms with E-state index >= 15 is 0 Å². The Bertz CT molecular complexity index is 704. The summed E-state index contributed by atoms with van der Waals surface area (Å²) in [7, 11) is 0. The van der Waals surface area contributed by atoms with Crippen LogP contribution in [0, 0.1) is 0 Å². The minimum absolute atomic E-state index is 0.394. The third kappa shape index (κ3) is 4.31. The molecule has 0 amide bonds. The minimum atomic E-state index is 0.394. The molecule has 2 fully saturated rings. The van der Waals surface area contributed by atoms with Crippen LogP contribution in [0.3, 0.4) is 0 Å². The van der Waals surface area contributed by atoms with E-state index in [1.54, 1.807) is 0 Å². The Labute approximate surface area is 155 Å². The predicted octanol–water partition coefficient (Wildman–Crippen LogP) is 2.36. The van der Waals surface area contributed by atoms with Gasteiger partial charge in [0.15, 0.2) is 4.67 Å². The van der Waals surface area contributed by atoms with Gasteiger partial charge in [-0.1, -0.05) is 0 Å². The van der Waals surface area contributed by atoms with Gasteiger partial charge < -0.3 is 19.4 Å². The first-order chi connectivity index (χ1) is 12.3. The molecule has 2 aromatic heterocycles. The highest BCUT2D eigenvalue weighted by Crippen LogP contribution is 2.20. The number of morpholine rings is 1. The van der Waals surface area contributed by atoms with Crippen LogP contribution >= 0.6 is 15.9 Å². The lowest BCUT2D eigenvalue weighted by molar-refractivity contribution is 0.122. The molecular weight excluding hydrogens is 386 g/mol. The molecular formula is C17H22BrN5O2. The van der Waals surface area contributed by atoms with Crippen LogP contribution in [0.25, 0.3) is 0 Å². The second-order valence-corrected chi connectivity index (χ2v) is 7.19. The molecule has 2 aliphatic rings. The first kappa shape index (κ1) is 16.8. The van der Waals surface area contributed by atoms with Crippen LogP contribution in [0.15, 0.2) is 33.5 Å². The van der Waals surface area contributed by atoms with Crippen molar-refractivity contribution in [2.45, 2.75) is 19.0 Å². The van der Waals surface area contributed by atoms with E-state index in [0.717, 1.165) is 74.6 Å². The van der Waals surface area contributed by atoms with Crippen molar-refractivity contribution in [2.24, 2.45) is 0 Å². The molecule has 0 radical (unpaired) electrons. The minimum Gasteiger partial charge on any atom is -0.453 e. The fourth-order valence-corrected chi connectivity index (χ4v) is 3.64. The first-order valence-corrected chi connectivity index (χ1v) is 9.44. The van der Waals surface area contributed by atoms with Gasteiger partial charge in [-0.05, 0) is 40.5 Å². The highest BCUT2D eigenvalue weighted by molar-refractivity contribution is 9.10. The molecule has 0 aromatic carbocycles. The summed E-state index contributed by atoms with van der Waals surface area (Å²) >= 11 is 3.35. The summed E-state index contributed by atoms with van der Waals surface area (Å²) in [6.07, 6.45) is 2.92. The average molecular weight is 408 g/mol. The fraction of sp³-hybridized carbons (Fsp3) is 0.529. The maximum absolute atomic E-state index is 5.60. The van der Waals surface area contributed by atoms with E-state index in [0.29, 0.717) is 6.04 Å². The molecule has 1 unspecified atom stereocenters. The van der Waals surface area contributed by atoms with Gasteiger partial charge in [0.25, 0.3) is 0 Å². The van der Waals surface area contributed by atoms with Gasteiger partial charge in [-0.25, -0.2) is 4.98 Å². The van der Waals surface area contributed by atoms with Crippen molar-refractivity contribution in [3.63, 3.8) is 0 Å². The number of hydrogen-bond donors (Lipinski definition) is 1. The van der Waals surface area contributed by atoms with Crippen LogP contribution in [-0.2, 0) is 11.3 Å². The highest BCUT2D eigenvalue weighted by atomic mass is 79.9. The van der Waals surface area contributed by atoms with Gasteiger partial charge >= 0.3 is 0 Å². The average Bonchev–Trinajstić information content (AvgIpc) is 3.25. The molecule has 7 nitrogen and oxygen atoms in total. The first-order valence-electron chi connectivity index (χ1n) is 8.65. The second kappa shape index (κ2) is 7.72. The van der Waals surface area contributed by atoms with E-state index in [2.05, 4.69) is 41.0 Å². The standard InChI is InChI=1S/C17H22BrN5O2/c18-15-2-1-14(25-15)12-22-6-4-13(11-22)20-16-3-5-19-17(21-16)23-7-9-24-10-8-23/h1-3,5,13H,4,6-12H2,(H,19,20,21). The normalized spacial score (nSPS) is 21.6. The summed E-state index contributed by atoms with van der Waals surface area (Å²) in [5, 5.41) is 3.55. The number of nitrogens with zero attached hydrogens (tertiary/aromatic N) is 4. The number of ether oxygens (including phenoxy) is 1. The maximum atomic E-state index is 5.60. The Balaban J connectivity index is 1.33. The number of furan rings is 1. The number of halogens is 1. The third-order valence-corrected chi connectivity index (χ3v) is 5.00. The number of anilines is 2. The van der Waals surface area contributed by atoms with Gasteiger partial charge in [0, 0.05) is 38.4 Å². The highest BCUT2D eigenvalue weighted by Gasteiger charge is 2.24. The number of likely N-dealkylation sites (tertiary alicyclic amines) is 1. The Morgan fingerprint density at radius 3 is 2.88 bits per heavy atom. The van der Waals surface area contributed by atoms with Crippen LogP contribution in [0.2, 0.25) is 0 Å². The van der Waals surface area contributed by atoms with Gasteiger partial charge in [-0.2, -0.15) is 4.98 Å². The summed E-state index contributed by atoms with van der Waals surface area (Å²) < 4.78 is 11.8. The summed E-state index contributed by atoms with van der Waals surface area (Å²) in [6.45, 7) is 6.04. The van der Waals surface area contributed by atoms with E-state index < -0.39 is 0 Å². The van der Waals surface area contributed by atoms with Crippen molar-refractivity contribution < 1.29 is 9.15 Å². The van der Waals surface area contributed by atoms with E-state index in [1.807, 2.05) is 24.4 Å². The Kier molecular flexibility index (Phi) is 5.19. The largest absolute Gasteiger partial charge is 0.453 e. The molecule has 0 bridgehead atoms. The monoisotopic (exact) mass is 407 g/mol. The number of rotatable bonds is 5.